The first-order valence-corrected chi connectivity index (χ1v) is 5.10. The van der Waals surface area contributed by atoms with Crippen LogP contribution < -0.4 is 0 Å². The van der Waals surface area contributed by atoms with Crippen LogP contribution in [0.25, 0.3) is 0 Å². The zero-order valence-corrected chi connectivity index (χ0v) is 17.9. The predicted molar refractivity (Wildman–Crippen MR) is 89.1 cm³/mol. The van der Waals surface area contributed by atoms with Gasteiger partial charge in [0.05, 0.1) is 0 Å². The van der Waals surface area contributed by atoms with Gasteiger partial charge in [-0.1, -0.05) is 7.43 Å². The maximum Gasteiger partial charge on any atom is 0.216 e. The van der Waals surface area contributed by atoms with Crippen molar-refractivity contribution in [2.75, 3.05) is 0 Å². The molecule has 102 valence electrons. The molecule has 4 aliphatic rings. The molecule has 6 radical (unpaired) electrons. The van der Waals surface area contributed by atoms with E-state index in [-0.39, 0.29) is 98.6 Å². The number of nitrogens with zero attached hydrogens (tertiary/aromatic N) is 4. The third-order valence-corrected chi connectivity index (χ3v) is 2.59. The first kappa shape index (κ1) is 27.0. The molecular formula is C11H16B4N4Y2-4. The van der Waals surface area contributed by atoms with Gasteiger partial charge in [0.1, 0.15) is 0 Å². The minimum absolute atomic E-state index is 0. The van der Waals surface area contributed by atoms with Crippen LogP contribution in [0.5, 0.6) is 0 Å². The number of aliphatic imine (C=N–C) groups is 4. The van der Waals surface area contributed by atoms with Gasteiger partial charge in [-0.15, -0.1) is 0 Å². The van der Waals surface area contributed by atoms with E-state index in [2.05, 4.69) is 32.2 Å². The zero-order valence-electron chi connectivity index (χ0n) is 12.3. The molecule has 0 saturated heterocycles. The Morgan fingerprint density at radius 2 is 1.05 bits per heavy atom. The SMILES string of the molecule is C.CC1=NC2([B][C-]=N2)[B]1.CC1=NC2([B][C-]=N2)[B]1.[CH3-].[CH3-].[Y].[Y]. The Labute approximate surface area is 183 Å². The van der Waals surface area contributed by atoms with Crippen molar-refractivity contribution in [1.82, 2.24) is 0 Å². The van der Waals surface area contributed by atoms with Gasteiger partial charge in [-0.25, -0.2) is 0 Å². The first-order chi connectivity index (χ1) is 7.62. The van der Waals surface area contributed by atoms with E-state index < -0.39 is 0 Å². The summed E-state index contributed by atoms with van der Waals surface area (Å²) in [6, 6.07) is 0. The summed E-state index contributed by atoms with van der Waals surface area (Å²) < 4.78 is 0. The van der Waals surface area contributed by atoms with Crippen LogP contribution >= 0.6 is 0 Å². The van der Waals surface area contributed by atoms with Crippen LogP contribution in [-0.4, -0.2) is 63.5 Å². The monoisotopic (exact) mass is 426 g/mol. The maximum absolute atomic E-state index is 4.14. The number of hydrogen-bond acceptors (Lipinski definition) is 4. The second-order valence-electron chi connectivity index (χ2n) is 4.13. The van der Waals surface area contributed by atoms with Gasteiger partial charge in [0.15, 0.2) is 0 Å². The van der Waals surface area contributed by atoms with Gasteiger partial charge in [-0.3, -0.25) is 9.98 Å². The second-order valence-corrected chi connectivity index (χ2v) is 4.13. The molecular weight excluding hydrogens is 409 g/mol. The summed E-state index contributed by atoms with van der Waals surface area (Å²) in [5.41, 5.74) is 1.69. The van der Waals surface area contributed by atoms with E-state index >= 15 is 0 Å². The van der Waals surface area contributed by atoms with Crippen LogP contribution in [0.3, 0.4) is 0 Å². The average molecular weight is 425 g/mol. The molecule has 2 unspecified atom stereocenters. The largest absolute Gasteiger partial charge is 0.502 e. The van der Waals surface area contributed by atoms with Crippen LogP contribution in [0.15, 0.2) is 20.0 Å². The van der Waals surface area contributed by atoms with E-state index in [1.165, 1.54) is 0 Å². The van der Waals surface area contributed by atoms with Gasteiger partial charge >= 0.3 is 0 Å². The first-order valence-electron chi connectivity index (χ1n) is 5.10. The third kappa shape index (κ3) is 5.62. The molecule has 0 N–H and O–H groups in total. The Bertz CT molecular complexity index is 427. The van der Waals surface area contributed by atoms with E-state index in [9.17, 15) is 0 Å². The minimum Gasteiger partial charge on any atom is -0.502 e. The maximum atomic E-state index is 4.14. The van der Waals surface area contributed by atoms with E-state index in [1.807, 2.05) is 43.0 Å². The fourth-order valence-corrected chi connectivity index (χ4v) is 1.83. The van der Waals surface area contributed by atoms with E-state index in [0.717, 1.165) is 11.2 Å². The van der Waals surface area contributed by atoms with Gasteiger partial charge in [0.25, 0.3) is 0 Å². The van der Waals surface area contributed by atoms with Crippen molar-refractivity contribution in [2.45, 2.75) is 32.2 Å². The summed E-state index contributed by atoms with van der Waals surface area (Å²) in [4.78, 5) is 16.1. The summed E-state index contributed by atoms with van der Waals surface area (Å²) in [6.07, 6.45) is 5.37. The molecule has 0 aromatic rings. The molecule has 0 aromatic heterocycles. The molecule has 0 bridgehead atoms. The molecule has 4 aliphatic heterocycles. The average Bonchev–Trinajstić information content (AvgIpc) is 2.02. The molecule has 2 spiro atoms. The minimum atomic E-state index is -0.232. The van der Waals surface area contributed by atoms with Crippen LogP contribution in [0, 0.1) is 14.9 Å². The zero-order chi connectivity index (χ0) is 11.2. The summed E-state index contributed by atoms with van der Waals surface area (Å²) in [6.45, 7) is 3.93. The topological polar surface area (TPSA) is 49.4 Å². The van der Waals surface area contributed by atoms with Crippen molar-refractivity contribution in [2.24, 2.45) is 20.0 Å². The van der Waals surface area contributed by atoms with Crippen molar-refractivity contribution in [3.8, 4) is 0 Å². The quantitative estimate of drug-likeness (QED) is 0.395. The number of rotatable bonds is 0. The molecule has 0 aliphatic carbocycles. The molecule has 10 heteroatoms. The number of hydrogen-bond donors (Lipinski definition) is 0. The predicted octanol–water partition coefficient (Wildman–Crippen LogP) is 0.246. The molecule has 21 heavy (non-hydrogen) atoms. The van der Waals surface area contributed by atoms with Gasteiger partial charge in [0, 0.05) is 76.3 Å². The Hall–Kier alpha value is 1.15. The van der Waals surface area contributed by atoms with Crippen molar-refractivity contribution in [3.05, 3.63) is 14.9 Å². The van der Waals surface area contributed by atoms with Crippen LogP contribution in [0.1, 0.15) is 21.3 Å². The molecule has 0 amide bonds. The molecule has 0 saturated carbocycles. The van der Waals surface area contributed by atoms with Gasteiger partial charge < -0.3 is 37.1 Å². The van der Waals surface area contributed by atoms with Crippen LogP contribution in [0.2, 0.25) is 0 Å². The molecule has 0 aromatic carbocycles. The molecule has 2 atom stereocenters. The Kier molecular flexibility index (Phi) is 13.0. The molecule has 0 fully saturated rings. The normalized spacial score (nSPS) is 29.6. The molecule has 4 nitrogen and oxygen atoms in total. The summed E-state index contributed by atoms with van der Waals surface area (Å²) in [5, 5.41) is 0. The fraction of sp³-hybridized carbons (Fsp3) is 0.455. The van der Waals surface area contributed by atoms with Gasteiger partial charge in [-0.05, 0) is 39.6 Å². The standard InChI is InChI=1S/2C4H3B2N2.CH4.2CH3.2Y/c2*1-3-6-4(8-3)5-2-7-4;;;;;/h2*1H3;1H4;2*1H3;;/q2*-1;;2*-1;;. The Balaban J connectivity index is -0.000000249. The Morgan fingerprint density at radius 1 is 0.810 bits per heavy atom. The Morgan fingerprint density at radius 3 is 1.10 bits per heavy atom. The van der Waals surface area contributed by atoms with E-state index in [4.69, 9.17) is 0 Å². The second kappa shape index (κ2) is 10.1. The molecule has 4 heterocycles. The van der Waals surface area contributed by atoms with Crippen molar-refractivity contribution >= 4 is 52.6 Å². The summed E-state index contributed by atoms with van der Waals surface area (Å²) in [7, 11) is 7.76. The van der Waals surface area contributed by atoms with Gasteiger partial charge in [0.2, 0.25) is 14.6 Å². The van der Waals surface area contributed by atoms with Crippen LogP contribution in [0.4, 0.5) is 0 Å². The third-order valence-electron chi connectivity index (χ3n) is 2.59. The summed E-state index contributed by atoms with van der Waals surface area (Å²) in [5.74, 6) is 0. The van der Waals surface area contributed by atoms with Crippen LogP contribution in [-0.2, 0) is 65.4 Å². The van der Waals surface area contributed by atoms with E-state index in [1.54, 1.807) is 0 Å². The summed E-state index contributed by atoms with van der Waals surface area (Å²) >= 11 is 0. The van der Waals surface area contributed by atoms with Crippen molar-refractivity contribution < 1.29 is 65.4 Å². The van der Waals surface area contributed by atoms with E-state index in [0.29, 0.717) is 0 Å². The molecule has 4 rings (SSSR count). The van der Waals surface area contributed by atoms with Gasteiger partial charge in [-0.2, -0.15) is 0 Å². The fourth-order valence-electron chi connectivity index (χ4n) is 1.83. The van der Waals surface area contributed by atoms with Crippen molar-refractivity contribution in [3.63, 3.8) is 0 Å². The van der Waals surface area contributed by atoms with Crippen molar-refractivity contribution in [1.29, 1.82) is 0 Å². The smallest absolute Gasteiger partial charge is 0.216 e.